The van der Waals surface area contributed by atoms with Crippen molar-refractivity contribution >= 4 is 11.6 Å². The molecule has 0 aromatic carbocycles. The molecule has 0 aliphatic carbocycles. The van der Waals surface area contributed by atoms with E-state index in [-0.39, 0.29) is 0 Å². The lowest BCUT2D eigenvalue weighted by atomic mass is 10.2. The topological polar surface area (TPSA) is 61.7 Å². The second-order valence-electron chi connectivity index (χ2n) is 2.84. The van der Waals surface area contributed by atoms with Gasteiger partial charge in [-0.05, 0) is 24.1 Å². The molecule has 1 aromatic heterocycles. The van der Waals surface area contributed by atoms with Gasteiger partial charge < -0.3 is 0 Å². The first kappa shape index (κ1) is 11.4. The Kier molecular flexibility index (Phi) is 4.49. The maximum Gasteiger partial charge on any atom is 0.132 e. The number of aromatic nitrogens is 1. The van der Waals surface area contributed by atoms with Crippen molar-refractivity contribution in [1.82, 2.24) is 4.98 Å². The fourth-order valence-corrected chi connectivity index (χ4v) is 1.04. The van der Waals surface area contributed by atoms with Crippen LogP contribution in [0, 0.1) is 18.8 Å². The zero-order valence-electron chi connectivity index (χ0n) is 8.24. The van der Waals surface area contributed by atoms with Crippen LogP contribution in [-0.2, 0) is 0 Å². The quantitative estimate of drug-likeness (QED) is 0.189. The van der Waals surface area contributed by atoms with Crippen LogP contribution in [0.3, 0.4) is 0 Å². The van der Waals surface area contributed by atoms with Gasteiger partial charge in [0.05, 0.1) is 0 Å². The first-order valence-electron chi connectivity index (χ1n) is 4.36. The van der Waals surface area contributed by atoms with Crippen molar-refractivity contribution in [3.8, 4) is 11.8 Å². The van der Waals surface area contributed by atoms with Gasteiger partial charge in [-0.1, -0.05) is 28.6 Å². The molecule has 1 rings (SSSR count). The van der Waals surface area contributed by atoms with E-state index in [0.717, 1.165) is 11.1 Å². The average Bonchev–Trinajstić information content (AvgIpc) is 2.23. The predicted octanol–water partition coefficient (Wildman–Crippen LogP) is 3.10. The Labute approximate surface area is 92.9 Å². The zero-order chi connectivity index (χ0) is 11.1. The Morgan fingerprint density at radius 3 is 3.13 bits per heavy atom. The molecule has 0 atom stereocenters. The minimum Gasteiger partial charge on any atom is -0.243 e. The van der Waals surface area contributed by atoms with Gasteiger partial charge in [0.1, 0.15) is 5.15 Å². The molecule has 0 saturated heterocycles. The highest BCUT2D eigenvalue weighted by Crippen LogP contribution is 2.11. The number of nitrogens with zero attached hydrogens (tertiary/aromatic N) is 4. The van der Waals surface area contributed by atoms with E-state index in [0.29, 0.717) is 18.1 Å². The van der Waals surface area contributed by atoms with Crippen LogP contribution in [0.15, 0.2) is 17.4 Å². The second-order valence-corrected chi connectivity index (χ2v) is 3.20. The van der Waals surface area contributed by atoms with Gasteiger partial charge in [-0.3, -0.25) is 0 Å². The summed E-state index contributed by atoms with van der Waals surface area (Å²) < 4.78 is 0. The maximum absolute atomic E-state index is 8.04. The standard InChI is InChI=1S/C10H9ClN4/c1-8-6-9(7-13-10(8)11)4-2-3-5-14-15-12/h6-7H,3,5H2,1H3. The molecule has 0 spiro atoms. The number of hydrogen-bond donors (Lipinski definition) is 0. The number of azide groups is 1. The second kappa shape index (κ2) is 5.92. The SMILES string of the molecule is Cc1cc(C#CCCN=[N+]=[N-])cnc1Cl. The van der Waals surface area contributed by atoms with Gasteiger partial charge in [0.25, 0.3) is 0 Å². The van der Waals surface area contributed by atoms with Crippen LogP contribution >= 0.6 is 11.6 Å². The van der Waals surface area contributed by atoms with E-state index < -0.39 is 0 Å². The molecule has 0 fully saturated rings. The molecule has 0 bridgehead atoms. The summed E-state index contributed by atoms with van der Waals surface area (Å²) in [5, 5.41) is 3.87. The highest BCUT2D eigenvalue weighted by Gasteiger charge is 1.95. The van der Waals surface area contributed by atoms with E-state index in [1.54, 1.807) is 6.20 Å². The fraction of sp³-hybridized carbons (Fsp3) is 0.300. The number of rotatable bonds is 2. The van der Waals surface area contributed by atoms with E-state index in [1.807, 2.05) is 13.0 Å². The number of halogens is 1. The molecule has 0 aliphatic heterocycles. The summed E-state index contributed by atoms with van der Waals surface area (Å²) in [7, 11) is 0. The van der Waals surface area contributed by atoms with E-state index in [1.165, 1.54) is 0 Å². The molecular formula is C10H9ClN4. The maximum atomic E-state index is 8.04. The smallest absolute Gasteiger partial charge is 0.132 e. The summed E-state index contributed by atoms with van der Waals surface area (Å²) in [6.07, 6.45) is 2.17. The molecule has 76 valence electrons. The van der Waals surface area contributed by atoms with Gasteiger partial charge in [0.2, 0.25) is 0 Å². The van der Waals surface area contributed by atoms with Crippen LogP contribution in [0.4, 0.5) is 0 Å². The minimum atomic E-state index is 0.392. The number of pyridine rings is 1. The Morgan fingerprint density at radius 1 is 1.67 bits per heavy atom. The van der Waals surface area contributed by atoms with Crippen molar-refractivity contribution in [3.63, 3.8) is 0 Å². The summed E-state index contributed by atoms with van der Waals surface area (Å²) in [5.74, 6) is 5.80. The molecule has 5 heteroatoms. The van der Waals surface area contributed by atoms with E-state index in [9.17, 15) is 0 Å². The highest BCUT2D eigenvalue weighted by molar-refractivity contribution is 6.30. The average molecular weight is 221 g/mol. The van der Waals surface area contributed by atoms with Crippen LogP contribution in [0.25, 0.3) is 10.4 Å². The summed E-state index contributed by atoms with van der Waals surface area (Å²) >= 11 is 5.77. The summed E-state index contributed by atoms with van der Waals surface area (Å²) in [6, 6.07) is 1.87. The molecular weight excluding hydrogens is 212 g/mol. The van der Waals surface area contributed by atoms with E-state index in [4.69, 9.17) is 17.1 Å². The van der Waals surface area contributed by atoms with Crippen molar-refractivity contribution in [1.29, 1.82) is 0 Å². The van der Waals surface area contributed by atoms with Gasteiger partial charge in [-0.25, -0.2) is 4.98 Å². The van der Waals surface area contributed by atoms with Crippen LogP contribution in [0.1, 0.15) is 17.5 Å². The Bertz CT molecular complexity index is 452. The predicted molar refractivity (Wildman–Crippen MR) is 59.5 cm³/mol. The first-order chi connectivity index (χ1) is 7.24. The normalized spacial score (nSPS) is 8.67. The first-order valence-corrected chi connectivity index (χ1v) is 4.73. The Morgan fingerprint density at radius 2 is 2.47 bits per heavy atom. The zero-order valence-corrected chi connectivity index (χ0v) is 8.99. The van der Waals surface area contributed by atoms with Crippen LogP contribution < -0.4 is 0 Å². The van der Waals surface area contributed by atoms with Gasteiger partial charge in [0.15, 0.2) is 0 Å². The Balaban J connectivity index is 2.64. The third-order valence-corrected chi connectivity index (χ3v) is 2.04. The van der Waals surface area contributed by atoms with Crippen LogP contribution in [-0.4, -0.2) is 11.5 Å². The highest BCUT2D eigenvalue weighted by atomic mass is 35.5. The monoisotopic (exact) mass is 220 g/mol. The van der Waals surface area contributed by atoms with Crippen molar-refractivity contribution in [3.05, 3.63) is 39.0 Å². The fourth-order valence-electron chi connectivity index (χ4n) is 0.942. The molecule has 0 saturated carbocycles. The third-order valence-electron chi connectivity index (χ3n) is 1.65. The summed E-state index contributed by atoms with van der Waals surface area (Å²) in [5.41, 5.74) is 9.75. The number of aryl methyl sites for hydroxylation is 1. The van der Waals surface area contributed by atoms with Crippen molar-refractivity contribution in [2.75, 3.05) is 6.54 Å². The van der Waals surface area contributed by atoms with Crippen molar-refractivity contribution < 1.29 is 0 Å². The molecule has 1 heterocycles. The van der Waals surface area contributed by atoms with Crippen molar-refractivity contribution in [2.24, 2.45) is 5.11 Å². The molecule has 15 heavy (non-hydrogen) atoms. The van der Waals surface area contributed by atoms with Crippen LogP contribution in [0.2, 0.25) is 5.15 Å². The van der Waals surface area contributed by atoms with Crippen LogP contribution in [0.5, 0.6) is 0 Å². The van der Waals surface area contributed by atoms with Gasteiger partial charge in [0, 0.05) is 29.6 Å². The third kappa shape index (κ3) is 3.90. The van der Waals surface area contributed by atoms with E-state index in [2.05, 4.69) is 26.9 Å². The van der Waals surface area contributed by atoms with Gasteiger partial charge in [-0.2, -0.15) is 0 Å². The molecule has 1 aromatic rings. The summed E-state index contributed by atoms with van der Waals surface area (Å²) in [4.78, 5) is 6.61. The molecule has 4 nitrogen and oxygen atoms in total. The lowest BCUT2D eigenvalue weighted by Gasteiger charge is -1.95. The molecule has 0 amide bonds. The lowest BCUT2D eigenvalue weighted by molar-refractivity contribution is 1.01. The lowest BCUT2D eigenvalue weighted by Crippen LogP contribution is -1.84. The molecule has 0 radical (unpaired) electrons. The molecule has 0 unspecified atom stereocenters. The Hall–Kier alpha value is -1.69. The largest absolute Gasteiger partial charge is 0.243 e. The molecule has 0 aliphatic rings. The van der Waals surface area contributed by atoms with Crippen molar-refractivity contribution in [2.45, 2.75) is 13.3 Å². The number of hydrogen-bond acceptors (Lipinski definition) is 2. The summed E-state index contributed by atoms with van der Waals surface area (Å²) in [6.45, 7) is 2.27. The minimum absolute atomic E-state index is 0.392. The molecule has 0 N–H and O–H groups in total. The van der Waals surface area contributed by atoms with Gasteiger partial charge >= 0.3 is 0 Å². The van der Waals surface area contributed by atoms with E-state index >= 15 is 0 Å². The van der Waals surface area contributed by atoms with Gasteiger partial charge in [-0.15, -0.1) is 0 Å².